The molecule has 0 aromatic carbocycles. The highest BCUT2D eigenvalue weighted by Gasteiger charge is 2.32. The van der Waals surface area contributed by atoms with Crippen LogP contribution < -0.4 is 20.7 Å². The van der Waals surface area contributed by atoms with Crippen molar-refractivity contribution < 1.29 is 17.9 Å². The van der Waals surface area contributed by atoms with E-state index in [4.69, 9.17) is 0 Å². The summed E-state index contributed by atoms with van der Waals surface area (Å²) in [6.07, 6.45) is 2.48. The van der Waals surface area contributed by atoms with E-state index in [-0.39, 0.29) is 29.8 Å². The van der Waals surface area contributed by atoms with Gasteiger partial charge in [-0.15, -0.1) is 0 Å². The lowest BCUT2D eigenvalue weighted by Gasteiger charge is -2.41. The number of sulfone groups is 1. The number of rotatable bonds is 7. The summed E-state index contributed by atoms with van der Waals surface area (Å²) in [5.74, 6) is 1.45. The van der Waals surface area contributed by atoms with E-state index >= 15 is 0 Å². The largest absolute Gasteiger partial charge is 0.390 e. The van der Waals surface area contributed by atoms with Crippen molar-refractivity contribution >= 4 is 44.0 Å². The quantitative estimate of drug-likeness (QED) is 0.453. The van der Waals surface area contributed by atoms with Crippen molar-refractivity contribution in [3.63, 3.8) is 0 Å². The molecule has 13 heteroatoms. The third-order valence-corrected chi connectivity index (χ3v) is 8.03. The number of pyridine rings is 2. The lowest BCUT2D eigenvalue weighted by Crippen LogP contribution is -2.50. The molecule has 0 saturated carbocycles. The fourth-order valence-electron chi connectivity index (χ4n) is 5.16. The number of aliphatic hydroxyl groups excluding tert-OH is 1. The second-order valence-corrected chi connectivity index (χ2v) is 12.7. The molecule has 0 amide bonds. The lowest BCUT2D eigenvalue weighted by atomic mass is 10.0. The van der Waals surface area contributed by atoms with Crippen molar-refractivity contribution in [1.29, 1.82) is 0 Å². The molecule has 3 aromatic rings. The number of hydrogen-bond acceptors (Lipinski definition) is 10. The predicted octanol–water partition coefficient (Wildman–Crippen LogP) is 1.90. The average molecular weight is 546 g/mol. The van der Waals surface area contributed by atoms with Crippen LogP contribution in [0, 0.1) is 5.92 Å². The average Bonchev–Trinajstić information content (AvgIpc) is 2.81. The minimum Gasteiger partial charge on any atom is -0.390 e. The smallest absolute Gasteiger partial charge is 0.253 e. The van der Waals surface area contributed by atoms with Crippen LogP contribution in [0.1, 0.15) is 26.3 Å². The van der Waals surface area contributed by atoms with Crippen LogP contribution in [0.4, 0.5) is 27.7 Å². The minimum atomic E-state index is -3.07. The summed E-state index contributed by atoms with van der Waals surface area (Å²) in [6, 6.07) is 4.97. The van der Waals surface area contributed by atoms with Crippen molar-refractivity contribution in [2.24, 2.45) is 5.92 Å². The molecule has 5 heterocycles. The van der Waals surface area contributed by atoms with E-state index < -0.39 is 22.1 Å². The molecule has 0 radical (unpaired) electrons. The molecular formula is C25H32FN7O4S. The fraction of sp³-hybridized carbons (Fsp3) is 0.520. The Morgan fingerprint density at radius 2 is 1.92 bits per heavy atom. The van der Waals surface area contributed by atoms with Crippen LogP contribution >= 0.6 is 0 Å². The van der Waals surface area contributed by atoms with E-state index in [2.05, 4.69) is 20.3 Å². The standard InChI is InChI=1S/C25H32FN7O4S/c1-15(2)33-20-8-23(29-22-4-6-27-25(30-22)31-7-5-21(34)18(26)13-31)28-10-17(20)19(9-24(33)35)32-11-16(12-32)14-38(3,36)37/h4,6,8-10,15-16,18,21,34H,5,7,11-14H2,1-3H3,(H,27,28,29,30). The highest BCUT2D eigenvalue weighted by atomic mass is 32.2. The molecule has 11 nitrogen and oxygen atoms in total. The molecule has 2 fully saturated rings. The van der Waals surface area contributed by atoms with E-state index in [0.717, 1.165) is 11.1 Å². The first-order valence-corrected chi connectivity index (χ1v) is 14.7. The first-order chi connectivity index (χ1) is 18.0. The molecule has 2 unspecified atom stereocenters. The molecule has 0 aliphatic carbocycles. The van der Waals surface area contributed by atoms with Gasteiger partial charge in [-0.2, -0.15) is 4.98 Å². The summed E-state index contributed by atoms with van der Waals surface area (Å²) < 4.78 is 39.1. The Balaban J connectivity index is 1.43. The van der Waals surface area contributed by atoms with Gasteiger partial charge in [-0.3, -0.25) is 4.79 Å². The summed E-state index contributed by atoms with van der Waals surface area (Å²) in [4.78, 5) is 30.1. The first kappa shape index (κ1) is 26.3. The molecule has 3 aromatic heterocycles. The Morgan fingerprint density at radius 3 is 2.61 bits per heavy atom. The number of nitrogens with one attached hydrogen (secondary N) is 1. The third-order valence-electron chi connectivity index (χ3n) is 6.96. The lowest BCUT2D eigenvalue weighted by molar-refractivity contribution is 0.0612. The maximum absolute atomic E-state index is 14.0. The summed E-state index contributed by atoms with van der Waals surface area (Å²) in [7, 11) is -3.07. The summed E-state index contributed by atoms with van der Waals surface area (Å²) in [5, 5.41) is 13.6. The molecule has 2 atom stereocenters. The van der Waals surface area contributed by atoms with Gasteiger partial charge in [-0.05, 0) is 26.3 Å². The van der Waals surface area contributed by atoms with Crippen LogP contribution in [0.5, 0.6) is 0 Å². The van der Waals surface area contributed by atoms with Gasteiger partial charge in [0.2, 0.25) is 5.95 Å². The second kappa shape index (κ2) is 10.1. The number of anilines is 4. The van der Waals surface area contributed by atoms with Gasteiger partial charge in [0.1, 0.15) is 27.6 Å². The van der Waals surface area contributed by atoms with Crippen LogP contribution in [0.3, 0.4) is 0 Å². The van der Waals surface area contributed by atoms with E-state index in [0.29, 0.717) is 49.2 Å². The SMILES string of the molecule is CC(C)n1c(=O)cc(N2CC(CS(C)(=O)=O)C2)c2cnc(Nc3ccnc(N4CCC(O)C(F)C4)n3)cc21. The van der Waals surface area contributed by atoms with E-state index in [1.165, 1.54) is 6.26 Å². The summed E-state index contributed by atoms with van der Waals surface area (Å²) >= 11 is 0. The van der Waals surface area contributed by atoms with Gasteiger partial charge in [-0.1, -0.05) is 0 Å². The van der Waals surface area contributed by atoms with Gasteiger partial charge >= 0.3 is 0 Å². The van der Waals surface area contributed by atoms with Gasteiger partial charge in [0.15, 0.2) is 0 Å². The maximum atomic E-state index is 14.0. The zero-order valence-corrected chi connectivity index (χ0v) is 22.4. The fourth-order valence-corrected chi connectivity index (χ4v) is 6.23. The molecular weight excluding hydrogens is 513 g/mol. The summed E-state index contributed by atoms with van der Waals surface area (Å²) in [5.41, 5.74) is 1.29. The van der Waals surface area contributed by atoms with E-state index in [1.807, 2.05) is 18.7 Å². The number of aliphatic hydroxyl groups is 1. The van der Waals surface area contributed by atoms with Gasteiger partial charge in [0.05, 0.1) is 29.6 Å². The zero-order valence-electron chi connectivity index (χ0n) is 21.6. The monoisotopic (exact) mass is 545 g/mol. The zero-order chi connectivity index (χ0) is 27.2. The van der Waals surface area contributed by atoms with Crippen LogP contribution in [0.15, 0.2) is 35.4 Å². The number of aromatic nitrogens is 4. The van der Waals surface area contributed by atoms with E-state index in [9.17, 15) is 22.7 Å². The number of nitrogens with zero attached hydrogens (tertiary/aromatic N) is 6. The van der Waals surface area contributed by atoms with Crippen molar-refractivity contribution in [2.75, 3.05) is 53.3 Å². The normalized spacial score (nSPS) is 20.7. The van der Waals surface area contributed by atoms with Crippen LogP contribution in [0.2, 0.25) is 0 Å². The number of halogens is 1. The van der Waals surface area contributed by atoms with Crippen LogP contribution in [-0.4, -0.2) is 83.5 Å². The number of alkyl halides is 1. The highest BCUT2D eigenvalue weighted by Crippen LogP contribution is 2.33. The van der Waals surface area contributed by atoms with Gasteiger partial charge in [-0.25, -0.2) is 22.8 Å². The Labute approximate surface area is 220 Å². The van der Waals surface area contributed by atoms with Crippen molar-refractivity contribution in [3.8, 4) is 0 Å². The van der Waals surface area contributed by atoms with Crippen molar-refractivity contribution in [3.05, 3.63) is 40.9 Å². The Kier molecular flexibility index (Phi) is 6.99. The van der Waals surface area contributed by atoms with Crippen molar-refractivity contribution in [1.82, 2.24) is 19.5 Å². The number of piperidine rings is 1. The molecule has 5 rings (SSSR count). The van der Waals surface area contributed by atoms with Gasteiger partial charge in [0.25, 0.3) is 5.56 Å². The number of fused-ring (bicyclic) bond motifs is 1. The van der Waals surface area contributed by atoms with E-state index in [1.54, 1.807) is 40.1 Å². The molecule has 0 spiro atoms. The highest BCUT2D eigenvalue weighted by molar-refractivity contribution is 7.90. The van der Waals surface area contributed by atoms with Gasteiger partial charge in [0, 0.05) is 67.8 Å². The molecule has 2 aliphatic rings. The van der Waals surface area contributed by atoms with Gasteiger partial charge < -0.3 is 24.8 Å². The molecule has 38 heavy (non-hydrogen) atoms. The van der Waals surface area contributed by atoms with Crippen molar-refractivity contribution in [2.45, 2.75) is 38.6 Å². The Hall–Kier alpha value is -3.32. The third kappa shape index (κ3) is 5.44. The Morgan fingerprint density at radius 1 is 1.16 bits per heavy atom. The molecule has 204 valence electrons. The second-order valence-electron chi connectivity index (χ2n) is 10.5. The predicted molar refractivity (Wildman–Crippen MR) is 145 cm³/mol. The number of hydrogen-bond donors (Lipinski definition) is 2. The minimum absolute atomic E-state index is 0.0177. The molecule has 0 bridgehead atoms. The topological polar surface area (TPSA) is 134 Å². The molecule has 2 aliphatic heterocycles. The molecule has 2 saturated heterocycles. The molecule has 2 N–H and O–H groups in total. The maximum Gasteiger partial charge on any atom is 0.253 e. The summed E-state index contributed by atoms with van der Waals surface area (Å²) in [6.45, 7) is 5.46. The van der Waals surface area contributed by atoms with Crippen LogP contribution in [0.25, 0.3) is 10.9 Å². The Bertz CT molecular complexity index is 1510. The first-order valence-electron chi connectivity index (χ1n) is 12.6. The van der Waals surface area contributed by atoms with Crippen LogP contribution in [-0.2, 0) is 9.84 Å².